The molecule has 168 valence electrons. The summed E-state index contributed by atoms with van der Waals surface area (Å²) in [7, 11) is -3.50. The Hall–Kier alpha value is -2.45. The fourth-order valence-corrected chi connectivity index (χ4v) is 5.18. The van der Waals surface area contributed by atoms with E-state index in [0.717, 1.165) is 16.9 Å². The van der Waals surface area contributed by atoms with E-state index in [1.54, 1.807) is 0 Å². The summed E-state index contributed by atoms with van der Waals surface area (Å²) in [5, 5.41) is 2.89. The molecule has 2 aromatic rings. The maximum Gasteiger partial charge on any atom is 0.223 e. The van der Waals surface area contributed by atoms with Crippen molar-refractivity contribution in [1.29, 1.82) is 0 Å². The van der Waals surface area contributed by atoms with E-state index in [0.29, 0.717) is 44.6 Å². The van der Waals surface area contributed by atoms with Gasteiger partial charge in [-0.2, -0.15) is 0 Å². The van der Waals surface area contributed by atoms with Crippen LogP contribution in [0.1, 0.15) is 29.5 Å². The lowest BCUT2D eigenvalue weighted by molar-refractivity contribution is -0.126. The minimum atomic E-state index is -3.50. The van der Waals surface area contributed by atoms with Gasteiger partial charge in [-0.15, -0.1) is 0 Å². The van der Waals surface area contributed by atoms with Gasteiger partial charge in [-0.05, 0) is 61.6 Å². The second kappa shape index (κ2) is 10.2. The summed E-state index contributed by atoms with van der Waals surface area (Å²) in [6, 6.07) is 11.5. The first-order valence-electron chi connectivity index (χ1n) is 10.4. The molecule has 0 aliphatic carbocycles. The van der Waals surface area contributed by atoms with Crippen LogP contribution in [-0.2, 0) is 20.6 Å². The molecule has 1 fully saturated rings. The van der Waals surface area contributed by atoms with Crippen LogP contribution in [0.4, 0.5) is 4.39 Å². The van der Waals surface area contributed by atoms with E-state index in [2.05, 4.69) is 5.32 Å². The number of carbonyl (C=O) groups excluding carboxylic acids is 1. The maximum atomic E-state index is 13.0. The van der Waals surface area contributed by atoms with Gasteiger partial charge in [-0.25, -0.2) is 17.1 Å². The third kappa shape index (κ3) is 6.51. The van der Waals surface area contributed by atoms with Crippen LogP contribution in [0.5, 0.6) is 5.75 Å². The molecule has 8 heteroatoms. The lowest BCUT2D eigenvalue weighted by Crippen LogP contribution is -2.43. The molecule has 0 aromatic heterocycles. The van der Waals surface area contributed by atoms with Gasteiger partial charge < -0.3 is 10.1 Å². The third-order valence-electron chi connectivity index (χ3n) is 5.48. The van der Waals surface area contributed by atoms with E-state index in [4.69, 9.17) is 4.74 Å². The Bertz CT molecular complexity index is 1000. The smallest absolute Gasteiger partial charge is 0.223 e. The first-order valence-corrected chi connectivity index (χ1v) is 12.1. The number of halogens is 1. The number of ether oxygens (including phenoxy) is 1. The van der Waals surface area contributed by atoms with Crippen molar-refractivity contribution in [2.75, 3.05) is 26.2 Å². The molecule has 31 heavy (non-hydrogen) atoms. The zero-order valence-corrected chi connectivity index (χ0v) is 18.8. The lowest BCUT2D eigenvalue weighted by atomic mass is 9.97. The van der Waals surface area contributed by atoms with Crippen LogP contribution in [0.2, 0.25) is 0 Å². The lowest BCUT2D eigenvalue weighted by Gasteiger charge is -2.30. The number of aryl methyl sites for hydroxylation is 2. The van der Waals surface area contributed by atoms with Crippen LogP contribution in [0.3, 0.4) is 0 Å². The van der Waals surface area contributed by atoms with Gasteiger partial charge in [0.25, 0.3) is 0 Å². The molecule has 0 bridgehead atoms. The summed E-state index contributed by atoms with van der Waals surface area (Å²) >= 11 is 0. The Morgan fingerprint density at radius 3 is 2.48 bits per heavy atom. The van der Waals surface area contributed by atoms with Crippen LogP contribution in [-0.4, -0.2) is 44.9 Å². The molecule has 0 saturated carbocycles. The van der Waals surface area contributed by atoms with Crippen molar-refractivity contribution in [3.05, 3.63) is 65.0 Å². The van der Waals surface area contributed by atoms with Crippen molar-refractivity contribution in [2.45, 2.75) is 32.4 Å². The highest BCUT2D eigenvalue weighted by atomic mass is 32.2. The fraction of sp³-hybridized carbons (Fsp3) is 0.435. The largest absolute Gasteiger partial charge is 0.491 e. The number of hydrogen-bond acceptors (Lipinski definition) is 4. The highest BCUT2D eigenvalue weighted by Crippen LogP contribution is 2.22. The van der Waals surface area contributed by atoms with E-state index in [1.165, 1.54) is 28.6 Å². The van der Waals surface area contributed by atoms with Crippen molar-refractivity contribution >= 4 is 15.9 Å². The highest BCUT2D eigenvalue weighted by Gasteiger charge is 2.31. The van der Waals surface area contributed by atoms with Crippen molar-refractivity contribution in [2.24, 2.45) is 5.92 Å². The Kier molecular flexibility index (Phi) is 7.67. The summed E-state index contributed by atoms with van der Waals surface area (Å²) < 4.78 is 45.5. The summed E-state index contributed by atoms with van der Waals surface area (Å²) in [6.45, 7) is 5.36. The van der Waals surface area contributed by atoms with Crippen molar-refractivity contribution < 1.29 is 22.3 Å². The summed E-state index contributed by atoms with van der Waals surface area (Å²) in [5.41, 5.74) is 2.71. The molecular formula is C23H29FN2O4S. The Labute approximate surface area is 183 Å². The summed E-state index contributed by atoms with van der Waals surface area (Å²) in [4.78, 5) is 12.4. The van der Waals surface area contributed by atoms with E-state index in [1.807, 2.05) is 32.0 Å². The molecule has 1 saturated heterocycles. The van der Waals surface area contributed by atoms with Crippen molar-refractivity contribution in [1.82, 2.24) is 9.62 Å². The molecule has 2 aromatic carbocycles. The summed E-state index contributed by atoms with van der Waals surface area (Å²) in [5.74, 6) is -0.0284. The van der Waals surface area contributed by atoms with Gasteiger partial charge >= 0.3 is 0 Å². The first-order chi connectivity index (χ1) is 14.7. The fourth-order valence-electron chi connectivity index (χ4n) is 3.62. The molecular weight excluding hydrogens is 419 g/mol. The number of sulfonamides is 1. The molecule has 0 unspecified atom stereocenters. The number of rotatable bonds is 8. The topological polar surface area (TPSA) is 75.7 Å². The zero-order chi connectivity index (χ0) is 22.4. The maximum absolute atomic E-state index is 13.0. The normalized spacial score (nSPS) is 15.6. The predicted octanol–water partition coefficient (Wildman–Crippen LogP) is 3.18. The molecule has 1 aliphatic rings. The van der Waals surface area contributed by atoms with Gasteiger partial charge in [0.05, 0.1) is 12.3 Å². The van der Waals surface area contributed by atoms with Crippen LogP contribution < -0.4 is 10.1 Å². The second-order valence-corrected chi connectivity index (χ2v) is 9.93. The molecule has 3 rings (SSSR count). The minimum Gasteiger partial charge on any atom is -0.491 e. The van der Waals surface area contributed by atoms with Gasteiger partial charge in [0.1, 0.15) is 18.2 Å². The number of piperidine rings is 1. The van der Waals surface area contributed by atoms with E-state index >= 15 is 0 Å². The molecule has 0 spiro atoms. The number of nitrogens with zero attached hydrogens (tertiary/aromatic N) is 1. The van der Waals surface area contributed by atoms with Gasteiger partial charge in [-0.3, -0.25) is 4.79 Å². The number of nitrogens with one attached hydrogen (secondary N) is 1. The second-order valence-electron chi connectivity index (χ2n) is 7.96. The van der Waals surface area contributed by atoms with Gasteiger partial charge in [0.2, 0.25) is 15.9 Å². The van der Waals surface area contributed by atoms with Crippen LogP contribution in [0, 0.1) is 25.6 Å². The number of amides is 1. The van der Waals surface area contributed by atoms with E-state index in [-0.39, 0.29) is 17.6 Å². The third-order valence-corrected chi connectivity index (χ3v) is 7.33. The first kappa shape index (κ1) is 23.2. The number of benzene rings is 2. The Balaban J connectivity index is 1.41. The van der Waals surface area contributed by atoms with E-state index in [9.17, 15) is 17.6 Å². The quantitative estimate of drug-likeness (QED) is 0.630. The summed E-state index contributed by atoms with van der Waals surface area (Å²) in [6.07, 6.45) is 0.957. The predicted molar refractivity (Wildman–Crippen MR) is 118 cm³/mol. The molecule has 0 atom stereocenters. The monoisotopic (exact) mass is 448 g/mol. The van der Waals surface area contributed by atoms with E-state index < -0.39 is 15.8 Å². The van der Waals surface area contributed by atoms with Crippen LogP contribution in [0.25, 0.3) is 0 Å². The SMILES string of the molecule is Cc1ccc(C)c(OCCNC(=O)C2CCN(S(=O)(=O)Cc3ccc(F)cc3)CC2)c1. The van der Waals surface area contributed by atoms with Crippen molar-refractivity contribution in [3.63, 3.8) is 0 Å². The van der Waals surface area contributed by atoms with Gasteiger partial charge in [0.15, 0.2) is 0 Å². The van der Waals surface area contributed by atoms with Crippen molar-refractivity contribution in [3.8, 4) is 5.75 Å². The number of hydrogen-bond donors (Lipinski definition) is 1. The molecule has 1 aliphatic heterocycles. The minimum absolute atomic E-state index is 0.0693. The molecule has 0 radical (unpaired) electrons. The Morgan fingerprint density at radius 2 is 1.81 bits per heavy atom. The van der Waals surface area contributed by atoms with Crippen LogP contribution >= 0.6 is 0 Å². The van der Waals surface area contributed by atoms with Crippen LogP contribution in [0.15, 0.2) is 42.5 Å². The molecule has 1 heterocycles. The zero-order valence-electron chi connectivity index (χ0n) is 17.9. The molecule has 1 amide bonds. The average Bonchev–Trinajstić information content (AvgIpc) is 2.75. The standard InChI is InChI=1S/C23H29FN2O4S/c1-17-3-4-18(2)22(15-17)30-14-11-25-23(27)20-9-12-26(13-10-20)31(28,29)16-19-5-7-21(24)8-6-19/h3-8,15,20H,9-14,16H2,1-2H3,(H,25,27). The van der Waals surface area contributed by atoms with Gasteiger partial charge in [0, 0.05) is 19.0 Å². The number of carbonyl (C=O) groups is 1. The molecule has 1 N–H and O–H groups in total. The highest BCUT2D eigenvalue weighted by molar-refractivity contribution is 7.88. The molecule has 6 nitrogen and oxygen atoms in total. The van der Waals surface area contributed by atoms with Gasteiger partial charge in [-0.1, -0.05) is 24.3 Å². The average molecular weight is 449 g/mol. The Morgan fingerprint density at radius 1 is 1.13 bits per heavy atom.